The molecule has 18 heavy (non-hydrogen) atoms. The number of nitrogens with zero attached hydrogens (tertiary/aromatic N) is 3. The summed E-state index contributed by atoms with van der Waals surface area (Å²) in [5, 5.41) is 9.86. The minimum atomic E-state index is 0.616. The molecular formula is C12H25N5S. The molecule has 1 aromatic heterocycles. The fraction of sp³-hybridized carbons (Fsp3) is 0.833. The van der Waals surface area contributed by atoms with E-state index in [9.17, 15) is 0 Å². The van der Waals surface area contributed by atoms with E-state index in [0.29, 0.717) is 17.1 Å². The van der Waals surface area contributed by atoms with Crippen LogP contribution in [0.1, 0.15) is 45.5 Å². The van der Waals surface area contributed by atoms with Gasteiger partial charge in [0.25, 0.3) is 0 Å². The van der Waals surface area contributed by atoms with E-state index >= 15 is 0 Å². The van der Waals surface area contributed by atoms with Gasteiger partial charge in [-0.2, -0.15) is 0 Å². The van der Waals surface area contributed by atoms with Crippen LogP contribution in [0.4, 0.5) is 5.13 Å². The van der Waals surface area contributed by atoms with Gasteiger partial charge >= 0.3 is 0 Å². The lowest BCUT2D eigenvalue weighted by Crippen LogP contribution is -2.36. The highest BCUT2D eigenvalue weighted by Crippen LogP contribution is 2.19. The van der Waals surface area contributed by atoms with Crippen LogP contribution in [0.15, 0.2) is 0 Å². The Hall–Kier alpha value is -0.720. The molecule has 0 saturated carbocycles. The molecule has 1 heterocycles. The lowest BCUT2D eigenvalue weighted by atomic mass is 10.1. The lowest BCUT2D eigenvalue weighted by Gasteiger charge is -2.30. The lowest BCUT2D eigenvalue weighted by molar-refractivity contribution is 0.157. The van der Waals surface area contributed by atoms with Gasteiger partial charge in [0.05, 0.1) is 6.54 Å². The van der Waals surface area contributed by atoms with Crippen molar-refractivity contribution in [3.05, 3.63) is 5.01 Å². The maximum atomic E-state index is 5.33. The molecule has 0 radical (unpaired) electrons. The number of hydrogen-bond donors (Lipinski definition) is 2. The number of nitrogens with two attached hydrogens (primary N) is 1. The van der Waals surface area contributed by atoms with E-state index in [-0.39, 0.29) is 0 Å². The van der Waals surface area contributed by atoms with Crippen LogP contribution in [0.5, 0.6) is 0 Å². The standard InChI is InChI=1S/C12H25N5S/c1-5-10(6-2)17(7-9(3)4)8-11-15-16-12(14-13)18-11/h9-10H,5-8,13H2,1-4H3,(H,14,16). The maximum absolute atomic E-state index is 5.33. The first-order chi connectivity index (χ1) is 8.60. The Bertz CT molecular complexity index is 335. The second-order valence-electron chi connectivity index (χ2n) is 4.94. The predicted octanol–water partition coefficient (Wildman–Crippen LogP) is 2.47. The van der Waals surface area contributed by atoms with Crippen molar-refractivity contribution in [2.45, 2.75) is 53.1 Å². The molecule has 0 aliphatic carbocycles. The average Bonchev–Trinajstić information content (AvgIpc) is 2.77. The zero-order valence-corrected chi connectivity index (χ0v) is 12.6. The predicted molar refractivity (Wildman–Crippen MR) is 77.3 cm³/mol. The van der Waals surface area contributed by atoms with Crippen molar-refractivity contribution in [2.75, 3.05) is 12.0 Å². The number of anilines is 1. The Balaban J connectivity index is 2.70. The molecule has 104 valence electrons. The number of rotatable bonds is 8. The van der Waals surface area contributed by atoms with Crippen LogP contribution < -0.4 is 11.3 Å². The Labute approximate surface area is 114 Å². The highest BCUT2D eigenvalue weighted by molar-refractivity contribution is 7.15. The summed E-state index contributed by atoms with van der Waals surface area (Å²) in [4.78, 5) is 2.51. The molecule has 0 saturated heterocycles. The minimum Gasteiger partial charge on any atom is -0.298 e. The molecule has 0 spiro atoms. The van der Waals surface area contributed by atoms with Gasteiger partial charge in [-0.05, 0) is 18.8 Å². The summed E-state index contributed by atoms with van der Waals surface area (Å²) in [5.41, 5.74) is 2.54. The van der Waals surface area contributed by atoms with Gasteiger partial charge in [0.15, 0.2) is 0 Å². The van der Waals surface area contributed by atoms with E-state index in [1.165, 1.54) is 24.2 Å². The third kappa shape index (κ3) is 4.51. The summed E-state index contributed by atoms with van der Waals surface area (Å²) in [6.45, 7) is 11.0. The molecule has 3 N–H and O–H groups in total. The number of hydrazine groups is 1. The molecule has 1 aromatic rings. The highest BCUT2D eigenvalue weighted by Gasteiger charge is 2.18. The molecule has 0 atom stereocenters. The van der Waals surface area contributed by atoms with Crippen LogP contribution in [-0.4, -0.2) is 27.7 Å². The second-order valence-corrected chi connectivity index (χ2v) is 6.00. The first kappa shape index (κ1) is 15.3. The number of nitrogens with one attached hydrogen (secondary N) is 1. The van der Waals surface area contributed by atoms with Gasteiger partial charge in [-0.15, -0.1) is 10.2 Å². The van der Waals surface area contributed by atoms with Gasteiger partial charge in [-0.25, -0.2) is 5.84 Å². The van der Waals surface area contributed by atoms with Gasteiger partial charge in [0.1, 0.15) is 5.01 Å². The molecule has 0 unspecified atom stereocenters. The molecular weight excluding hydrogens is 246 g/mol. The van der Waals surface area contributed by atoms with Crippen LogP contribution in [0.25, 0.3) is 0 Å². The Morgan fingerprint density at radius 3 is 2.39 bits per heavy atom. The van der Waals surface area contributed by atoms with E-state index < -0.39 is 0 Å². The van der Waals surface area contributed by atoms with Gasteiger partial charge < -0.3 is 0 Å². The van der Waals surface area contributed by atoms with Crippen molar-refractivity contribution in [1.82, 2.24) is 15.1 Å². The van der Waals surface area contributed by atoms with Crippen molar-refractivity contribution in [3.63, 3.8) is 0 Å². The third-order valence-electron chi connectivity index (χ3n) is 2.99. The van der Waals surface area contributed by atoms with Crippen molar-refractivity contribution in [1.29, 1.82) is 0 Å². The van der Waals surface area contributed by atoms with E-state index in [0.717, 1.165) is 18.1 Å². The zero-order chi connectivity index (χ0) is 13.5. The fourth-order valence-corrected chi connectivity index (χ4v) is 2.84. The molecule has 0 bridgehead atoms. The fourth-order valence-electron chi connectivity index (χ4n) is 2.17. The molecule has 0 aliphatic rings. The maximum Gasteiger partial charge on any atom is 0.219 e. The third-order valence-corrected chi connectivity index (χ3v) is 3.83. The van der Waals surface area contributed by atoms with Gasteiger partial charge in [0.2, 0.25) is 5.13 Å². The average molecular weight is 271 g/mol. The first-order valence-corrected chi connectivity index (χ1v) is 7.45. The van der Waals surface area contributed by atoms with Crippen molar-refractivity contribution in [2.24, 2.45) is 11.8 Å². The van der Waals surface area contributed by atoms with Crippen LogP contribution in [0.3, 0.4) is 0 Å². The molecule has 0 aliphatic heterocycles. The van der Waals surface area contributed by atoms with E-state index in [1.54, 1.807) is 0 Å². The summed E-state index contributed by atoms with van der Waals surface area (Å²) in [6, 6.07) is 0.616. The number of nitrogen functional groups attached to an aromatic ring is 1. The van der Waals surface area contributed by atoms with Crippen LogP contribution in [0.2, 0.25) is 0 Å². The monoisotopic (exact) mass is 271 g/mol. The topological polar surface area (TPSA) is 67.1 Å². The molecule has 0 fully saturated rings. The van der Waals surface area contributed by atoms with Crippen molar-refractivity contribution >= 4 is 16.5 Å². The van der Waals surface area contributed by atoms with Crippen LogP contribution in [0, 0.1) is 5.92 Å². The van der Waals surface area contributed by atoms with Gasteiger partial charge in [-0.1, -0.05) is 39.0 Å². The van der Waals surface area contributed by atoms with Crippen molar-refractivity contribution in [3.8, 4) is 0 Å². The molecule has 5 nitrogen and oxygen atoms in total. The van der Waals surface area contributed by atoms with E-state index in [4.69, 9.17) is 5.84 Å². The molecule has 0 amide bonds. The van der Waals surface area contributed by atoms with Crippen LogP contribution in [-0.2, 0) is 6.54 Å². The summed E-state index contributed by atoms with van der Waals surface area (Å²) < 4.78 is 0. The van der Waals surface area contributed by atoms with E-state index in [2.05, 4.69) is 48.2 Å². The molecule has 6 heteroatoms. The summed E-state index contributed by atoms with van der Waals surface area (Å²) in [6.07, 6.45) is 2.34. The summed E-state index contributed by atoms with van der Waals surface area (Å²) >= 11 is 1.53. The number of hydrogen-bond acceptors (Lipinski definition) is 6. The largest absolute Gasteiger partial charge is 0.298 e. The number of aromatic nitrogens is 2. The summed E-state index contributed by atoms with van der Waals surface area (Å²) in [5.74, 6) is 5.99. The van der Waals surface area contributed by atoms with Gasteiger partial charge in [0, 0.05) is 12.6 Å². The molecule has 1 rings (SSSR count). The Kier molecular flexibility index (Phi) is 6.52. The normalized spacial score (nSPS) is 11.8. The van der Waals surface area contributed by atoms with E-state index in [1.807, 2.05) is 0 Å². The molecule has 0 aromatic carbocycles. The quantitative estimate of drug-likeness (QED) is 0.561. The summed E-state index contributed by atoms with van der Waals surface area (Å²) in [7, 11) is 0. The second kappa shape index (κ2) is 7.66. The Morgan fingerprint density at radius 1 is 1.28 bits per heavy atom. The Morgan fingerprint density at radius 2 is 1.94 bits per heavy atom. The minimum absolute atomic E-state index is 0.616. The first-order valence-electron chi connectivity index (χ1n) is 6.63. The van der Waals surface area contributed by atoms with Crippen LogP contribution >= 0.6 is 11.3 Å². The zero-order valence-electron chi connectivity index (χ0n) is 11.8. The van der Waals surface area contributed by atoms with Crippen molar-refractivity contribution < 1.29 is 0 Å². The smallest absolute Gasteiger partial charge is 0.219 e. The SMILES string of the molecule is CCC(CC)N(Cc1nnc(NN)s1)CC(C)C. The highest BCUT2D eigenvalue weighted by atomic mass is 32.1. The van der Waals surface area contributed by atoms with Gasteiger partial charge in [-0.3, -0.25) is 10.3 Å².